The number of rotatable bonds is 5. The van der Waals surface area contributed by atoms with Gasteiger partial charge in [-0.2, -0.15) is 0 Å². The molecule has 0 aliphatic heterocycles. The molecular formula is C22H23N3O2S. The Morgan fingerprint density at radius 1 is 1.04 bits per heavy atom. The number of ketones is 1. The first kappa shape index (κ1) is 19.8. The van der Waals surface area contributed by atoms with Gasteiger partial charge in [0, 0.05) is 22.1 Å². The molecule has 0 bridgehead atoms. The number of para-hydroxylation sites is 1. The second kappa shape index (κ2) is 8.37. The Labute approximate surface area is 167 Å². The maximum atomic E-state index is 12.7. The molecule has 0 aliphatic carbocycles. The molecule has 0 saturated heterocycles. The molecule has 0 aliphatic rings. The minimum atomic E-state index is -0.924. The van der Waals surface area contributed by atoms with Crippen molar-refractivity contribution in [3.8, 4) is 10.6 Å². The second-order valence-electron chi connectivity index (χ2n) is 6.23. The van der Waals surface area contributed by atoms with Gasteiger partial charge in [0.05, 0.1) is 16.1 Å². The Bertz CT molecular complexity index is 1120. The fourth-order valence-electron chi connectivity index (χ4n) is 3.47. The molecule has 6 heteroatoms. The number of benzene rings is 2. The van der Waals surface area contributed by atoms with Gasteiger partial charge >= 0.3 is 0 Å². The van der Waals surface area contributed by atoms with Crippen LogP contribution in [0, 0.1) is 0 Å². The largest absolute Gasteiger partial charge is 0.363 e. The predicted octanol–water partition coefficient (Wildman–Crippen LogP) is 4.18. The van der Waals surface area contributed by atoms with Crippen molar-refractivity contribution in [3.63, 3.8) is 0 Å². The van der Waals surface area contributed by atoms with Gasteiger partial charge in [0.1, 0.15) is 0 Å². The Hall–Kier alpha value is -2.96. The quantitative estimate of drug-likeness (QED) is 0.394. The molecule has 0 radical (unpaired) electrons. The lowest BCUT2D eigenvalue weighted by atomic mass is 10.0. The van der Waals surface area contributed by atoms with E-state index in [0.717, 1.165) is 44.5 Å². The molecule has 2 aromatic carbocycles. The summed E-state index contributed by atoms with van der Waals surface area (Å²) in [5.74, 6) is -1.56. The summed E-state index contributed by atoms with van der Waals surface area (Å²) < 4.78 is 3.28. The summed E-state index contributed by atoms with van der Waals surface area (Å²) in [7, 11) is 1.50. The van der Waals surface area contributed by atoms with E-state index < -0.39 is 11.7 Å². The van der Waals surface area contributed by atoms with Gasteiger partial charge in [0.15, 0.2) is 0 Å². The topological polar surface area (TPSA) is 91.1 Å². The van der Waals surface area contributed by atoms with E-state index in [9.17, 15) is 9.59 Å². The molecule has 28 heavy (non-hydrogen) atoms. The average Bonchev–Trinajstić information content (AvgIpc) is 3.28. The van der Waals surface area contributed by atoms with Gasteiger partial charge in [-0.25, -0.2) is 0 Å². The molecule has 2 aromatic heterocycles. The van der Waals surface area contributed by atoms with Crippen molar-refractivity contribution >= 4 is 44.0 Å². The van der Waals surface area contributed by atoms with Gasteiger partial charge < -0.3 is 16.0 Å². The first-order chi connectivity index (χ1) is 13.6. The minimum absolute atomic E-state index is 0.410. The van der Waals surface area contributed by atoms with Gasteiger partial charge in [-0.3, -0.25) is 9.59 Å². The fourth-order valence-corrected chi connectivity index (χ4v) is 4.59. The molecule has 4 N–H and O–H groups in total. The summed E-state index contributed by atoms with van der Waals surface area (Å²) >= 11 is 1.62. The van der Waals surface area contributed by atoms with Crippen molar-refractivity contribution in [1.29, 1.82) is 0 Å². The van der Waals surface area contributed by atoms with Crippen LogP contribution in [0.5, 0.6) is 0 Å². The number of nitrogens with two attached hydrogens (primary N) is 2. The highest BCUT2D eigenvalue weighted by Crippen LogP contribution is 2.40. The Morgan fingerprint density at radius 3 is 2.39 bits per heavy atom. The highest BCUT2D eigenvalue weighted by Gasteiger charge is 2.27. The molecule has 144 valence electrons. The van der Waals surface area contributed by atoms with Gasteiger partial charge in [-0.15, -0.1) is 11.3 Å². The number of thiophene rings is 1. The standard InChI is InChI=1S/C21H18N2O2S.CH5N/c1-2-11-23-15-9-5-4-8-14(15)18(20(24)21(22)25)19(23)17-12-13-7-3-6-10-16(13)26-17;1-2/h3-10,12H,2,11H2,1H3,(H2,22,25);2H2,1H3. The monoisotopic (exact) mass is 393 g/mol. The molecular weight excluding hydrogens is 370 g/mol. The molecule has 0 unspecified atom stereocenters. The first-order valence-electron chi connectivity index (χ1n) is 9.14. The van der Waals surface area contributed by atoms with Crippen LogP contribution in [0.15, 0.2) is 54.6 Å². The fraction of sp³-hybridized carbons (Fsp3) is 0.182. The summed E-state index contributed by atoms with van der Waals surface area (Å²) in [5, 5.41) is 1.90. The van der Waals surface area contributed by atoms with Gasteiger partial charge in [-0.1, -0.05) is 43.3 Å². The number of primary amides is 1. The number of amides is 1. The van der Waals surface area contributed by atoms with Crippen LogP contribution in [0.1, 0.15) is 23.7 Å². The third kappa shape index (κ3) is 3.32. The number of aryl methyl sites for hydroxylation is 1. The van der Waals surface area contributed by atoms with E-state index >= 15 is 0 Å². The van der Waals surface area contributed by atoms with Crippen LogP contribution in [0.3, 0.4) is 0 Å². The zero-order valence-corrected chi connectivity index (χ0v) is 16.8. The number of fused-ring (bicyclic) bond motifs is 2. The van der Waals surface area contributed by atoms with E-state index in [1.807, 2.05) is 36.4 Å². The highest BCUT2D eigenvalue weighted by molar-refractivity contribution is 7.22. The van der Waals surface area contributed by atoms with Crippen molar-refractivity contribution in [3.05, 3.63) is 60.2 Å². The van der Waals surface area contributed by atoms with Crippen LogP contribution >= 0.6 is 11.3 Å². The third-order valence-corrected chi connectivity index (χ3v) is 5.65. The van der Waals surface area contributed by atoms with Crippen molar-refractivity contribution < 1.29 is 9.59 Å². The summed E-state index contributed by atoms with van der Waals surface area (Å²) in [6, 6.07) is 17.9. The van der Waals surface area contributed by atoms with Crippen LogP contribution in [0.2, 0.25) is 0 Å². The number of nitrogens with zero attached hydrogens (tertiary/aromatic N) is 1. The van der Waals surface area contributed by atoms with Gasteiger partial charge in [-0.05, 0) is 37.1 Å². The predicted molar refractivity (Wildman–Crippen MR) is 117 cm³/mol. The van der Waals surface area contributed by atoms with Crippen LogP contribution in [-0.4, -0.2) is 23.3 Å². The van der Waals surface area contributed by atoms with E-state index in [0.29, 0.717) is 5.56 Å². The van der Waals surface area contributed by atoms with Crippen LogP contribution in [-0.2, 0) is 11.3 Å². The first-order valence-corrected chi connectivity index (χ1v) is 9.95. The van der Waals surface area contributed by atoms with Crippen molar-refractivity contribution in [2.24, 2.45) is 11.5 Å². The summed E-state index contributed by atoms with van der Waals surface area (Å²) in [6.07, 6.45) is 0.917. The summed E-state index contributed by atoms with van der Waals surface area (Å²) in [6.45, 7) is 2.86. The number of carbonyl (C=O) groups excluding carboxylic acids is 2. The summed E-state index contributed by atoms with van der Waals surface area (Å²) in [4.78, 5) is 25.4. The molecule has 4 rings (SSSR count). The van der Waals surface area contributed by atoms with E-state index in [1.54, 1.807) is 11.3 Å². The molecule has 0 spiro atoms. The van der Waals surface area contributed by atoms with Crippen LogP contribution in [0.25, 0.3) is 31.6 Å². The Kier molecular flexibility index (Phi) is 5.92. The molecule has 0 atom stereocenters. The number of aromatic nitrogens is 1. The van der Waals surface area contributed by atoms with Crippen LogP contribution < -0.4 is 11.5 Å². The highest BCUT2D eigenvalue weighted by atomic mass is 32.1. The van der Waals surface area contributed by atoms with E-state index in [-0.39, 0.29) is 0 Å². The third-order valence-electron chi connectivity index (χ3n) is 4.53. The van der Waals surface area contributed by atoms with E-state index in [1.165, 1.54) is 7.05 Å². The molecule has 5 nitrogen and oxygen atoms in total. The Balaban J connectivity index is 0.00000109. The SMILES string of the molecule is CCCn1c(-c2cc3ccccc3s2)c(C(=O)C(N)=O)c2ccccc21.CN. The zero-order chi connectivity index (χ0) is 20.3. The van der Waals surface area contributed by atoms with Crippen molar-refractivity contribution in [2.45, 2.75) is 19.9 Å². The zero-order valence-electron chi connectivity index (χ0n) is 15.9. The molecule has 1 amide bonds. The van der Waals surface area contributed by atoms with E-state index in [2.05, 4.69) is 35.4 Å². The lowest BCUT2D eigenvalue weighted by Crippen LogP contribution is -2.23. The number of hydrogen-bond donors (Lipinski definition) is 2. The number of hydrogen-bond acceptors (Lipinski definition) is 4. The molecule has 4 aromatic rings. The average molecular weight is 394 g/mol. The van der Waals surface area contributed by atoms with Crippen molar-refractivity contribution in [2.75, 3.05) is 7.05 Å². The molecule has 0 fully saturated rings. The minimum Gasteiger partial charge on any atom is -0.363 e. The Morgan fingerprint density at radius 2 is 1.71 bits per heavy atom. The smallest absolute Gasteiger partial charge is 0.289 e. The van der Waals surface area contributed by atoms with Gasteiger partial charge in [0.25, 0.3) is 11.7 Å². The molecule has 2 heterocycles. The van der Waals surface area contributed by atoms with Crippen LogP contribution in [0.4, 0.5) is 0 Å². The molecule has 0 saturated carbocycles. The maximum Gasteiger partial charge on any atom is 0.289 e. The van der Waals surface area contributed by atoms with Gasteiger partial charge in [0.2, 0.25) is 0 Å². The summed E-state index contributed by atoms with van der Waals surface area (Å²) in [5.41, 5.74) is 12.0. The number of carbonyl (C=O) groups is 2. The second-order valence-corrected chi connectivity index (χ2v) is 7.32. The number of Topliss-reactive ketones (excluding diaryl/α,β-unsaturated/α-hetero) is 1. The maximum absolute atomic E-state index is 12.7. The van der Waals surface area contributed by atoms with E-state index in [4.69, 9.17) is 5.73 Å². The lowest BCUT2D eigenvalue weighted by molar-refractivity contribution is -0.114. The van der Waals surface area contributed by atoms with Crippen molar-refractivity contribution in [1.82, 2.24) is 4.57 Å². The lowest BCUT2D eigenvalue weighted by Gasteiger charge is -2.09. The normalized spacial score (nSPS) is 10.7.